The van der Waals surface area contributed by atoms with E-state index in [-0.39, 0.29) is 35.9 Å². The normalized spacial score (nSPS) is 11.0. The molecule has 0 radical (unpaired) electrons. The molecule has 1 heterocycles. The zero-order chi connectivity index (χ0) is 22.7. The quantitative estimate of drug-likeness (QED) is 0.581. The summed E-state index contributed by atoms with van der Waals surface area (Å²) in [6, 6.07) is 9.13. The van der Waals surface area contributed by atoms with Crippen molar-refractivity contribution in [3.8, 4) is 17.6 Å². The van der Waals surface area contributed by atoms with Crippen LogP contribution in [0, 0.1) is 17.1 Å². The molecule has 2 aromatic carbocycles. The molecule has 0 unspecified atom stereocenters. The minimum Gasteiger partial charge on any atom is -0.506 e. The first-order chi connectivity index (χ1) is 14.8. The number of esters is 1. The third-order valence-electron chi connectivity index (χ3n) is 4.95. The molecule has 0 saturated heterocycles. The van der Waals surface area contributed by atoms with Crippen LogP contribution < -0.4 is 4.74 Å². The van der Waals surface area contributed by atoms with Gasteiger partial charge in [-0.3, -0.25) is 0 Å². The monoisotopic (exact) mass is 425 g/mol. The van der Waals surface area contributed by atoms with Gasteiger partial charge in [-0.2, -0.15) is 5.26 Å². The second-order valence-corrected chi connectivity index (χ2v) is 7.34. The van der Waals surface area contributed by atoms with E-state index in [1.807, 2.05) is 25.1 Å². The number of nitriles is 1. The van der Waals surface area contributed by atoms with E-state index in [0.29, 0.717) is 34.5 Å². The van der Waals surface area contributed by atoms with Crippen molar-refractivity contribution in [3.63, 3.8) is 0 Å². The standard InChI is InChI=1S/C23H24FN3O4/c1-5-30-23(29)21-19(13-31-16-8-6-15(24)7-9-16)27(4)18-10-14(11-25)22(28)17(20(18)21)12-26(2)3/h6-10,28H,5,12-13H2,1-4H3. The minimum atomic E-state index is -0.546. The number of halogens is 1. The summed E-state index contributed by atoms with van der Waals surface area (Å²) in [7, 11) is 5.41. The fourth-order valence-electron chi connectivity index (χ4n) is 3.54. The van der Waals surface area contributed by atoms with Crippen molar-refractivity contribution in [1.82, 2.24) is 9.47 Å². The maximum absolute atomic E-state index is 13.2. The van der Waals surface area contributed by atoms with E-state index in [1.54, 1.807) is 24.6 Å². The summed E-state index contributed by atoms with van der Waals surface area (Å²) in [5, 5.41) is 20.7. The molecule has 0 amide bonds. The number of nitrogens with zero attached hydrogens (tertiary/aromatic N) is 3. The number of benzene rings is 2. The highest BCUT2D eigenvalue weighted by molar-refractivity contribution is 6.08. The van der Waals surface area contributed by atoms with Crippen molar-refractivity contribution in [2.75, 3.05) is 20.7 Å². The van der Waals surface area contributed by atoms with Crippen molar-refractivity contribution in [2.45, 2.75) is 20.1 Å². The molecule has 0 atom stereocenters. The zero-order valence-electron chi connectivity index (χ0n) is 17.9. The Hall–Kier alpha value is -3.57. The predicted molar refractivity (Wildman–Crippen MR) is 113 cm³/mol. The number of ether oxygens (including phenoxy) is 2. The van der Waals surface area contributed by atoms with Crippen LogP contribution in [-0.4, -0.2) is 41.2 Å². The third-order valence-corrected chi connectivity index (χ3v) is 4.95. The molecule has 3 aromatic rings. The van der Waals surface area contributed by atoms with E-state index in [9.17, 15) is 19.6 Å². The molecule has 1 N–H and O–H groups in total. The lowest BCUT2D eigenvalue weighted by Crippen LogP contribution is -2.14. The molecular formula is C23H24FN3O4. The van der Waals surface area contributed by atoms with Crippen molar-refractivity contribution >= 4 is 16.9 Å². The van der Waals surface area contributed by atoms with Gasteiger partial charge in [-0.25, -0.2) is 9.18 Å². The predicted octanol–water partition coefficient (Wildman–Crippen LogP) is 3.71. The van der Waals surface area contributed by atoms with Crippen LogP contribution in [0.15, 0.2) is 30.3 Å². The molecule has 1 aromatic heterocycles. The lowest BCUT2D eigenvalue weighted by Gasteiger charge is -2.15. The van der Waals surface area contributed by atoms with Gasteiger partial charge in [0, 0.05) is 24.5 Å². The summed E-state index contributed by atoms with van der Waals surface area (Å²) in [4.78, 5) is 14.8. The first-order valence-corrected chi connectivity index (χ1v) is 9.74. The van der Waals surface area contributed by atoms with E-state index in [2.05, 4.69) is 0 Å². The van der Waals surface area contributed by atoms with Gasteiger partial charge in [0.1, 0.15) is 30.0 Å². The number of fused-ring (bicyclic) bond motifs is 1. The third kappa shape index (κ3) is 4.32. The van der Waals surface area contributed by atoms with Gasteiger partial charge in [0.25, 0.3) is 0 Å². The van der Waals surface area contributed by atoms with E-state index in [4.69, 9.17) is 9.47 Å². The van der Waals surface area contributed by atoms with E-state index in [0.717, 1.165) is 0 Å². The number of phenols is 1. The SMILES string of the molecule is CCOC(=O)c1c(COc2ccc(F)cc2)n(C)c2cc(C#N)c(O)c(CN(C)C)c12. The largest absolute Gasteiger partial charge is 0.506 e. The van der Waals surface area contributed by atoms with Crippen LogP contribution in [0.4, 0.5) is 4.39 Å². The maximum Gasteiger partial charge on any atom is 0.340 e. The molecular weight excluding hydrogens is 401 g/mol. The van der Waals surface area contributed by atoms with Crippen LogP contribution in [-0.2, 0) is 24.9 Å². The highest BCUT2D eigenvalue weighted by Gasteiger charge is 2.28. The Balaban J connectivity index is 2.23. The molecule has 7 nitrogen and oxygen atoms in total. The summed E-state index contributed by atoms with van der Waals surface area (Å²) in [5.41, 5.74) is 1.98. The molecule has 0 fully saturated rings. The van der Waals surface area contributed by atoms with Crippen molar-refractivity contribution < 1.29 is 23.8 Å². The van der Waals surface area contributed by atoms with E-state index in [1.165, 1.54) is 24.3 Å². The number of aryl methyl sites for hydroxylation is 1. The van der Waals surface area contributed by atoms with Crippen LogP contribution in [0.25, 0.3) is 10.9 Å². The van der Waals surface area contributed by atoms with Crippen molar-refractivity contribution in [1.29, 1.82) is 5.26 Å². The zero-order valence-corrected chi connectivity index (χ0v) is 17.9. The van der Waals surface area contributed by atoms with E-state index >= 15 is 0 Å². The highest BCUT2D eigenvalue weighted by Crippen LogP contribution is 2.37. The Morgan fingerprint density at radius 3 is 2.55 bits per heavy atom. The number of hydrogen-bond donors (Lipinski definition) is 1. The van der Waals surface area contributed by atoms with Gasteiger partial charge >= 0.3 is 5.97 Å². The van der Waals surface area contributed by atoms with Crippen LogP contribution in [0.1, 0.15) is 34.1 Å². The van der Waals surface area contributed by atoms with Gasteiger partial charge in [0.05, 0.1) is 28.9 Å². The Kier molecular flexibility index (Phi) is 6.47. The summed E-state index contributed by atoms with van der Waals surface area (Å²) in [5.74, 6) is -0.645. The number of carbonyl (C=O) groups is 1. The average molecular weight is 425 g/mol. The molecule has 0 spiro atoms. The van der Waals surface area contributed by atoms with E-state index < -0.39 is 5.97 Å². The second kappa shape index (κ2) is 9.06. The van der Waals surface area contributed by atoms with Gasteiger partial charge in [-0.05, 0) is 51.4 Å². The topological polar surface area (TPSA) is 87.7 Å². The fourth-order valence-corrected chi connectivity index (χ4v) is 3.54. The second-order valence-electron chi connectivity index (χ2n) is 7.34. The smallest absolute Gasteiger partial charge is 0.340 e. The molecule has 0 saturated carbocycles. The molecule has 162 valence electrons. The Bertz CT molecular complexity index is 1160. The van der Waals surface area contributed by atoms with Gasteiger partial charge < -0.3 is 24.0 Å². The number of phenolic OH excluding ortho intramolecular Hbond substituents is 1. The molecule has 0 aliphatic heterocycles. The number of hydrogen-bond acceptors (Lipinski definition) is 6. The van der Waals surface area contributed by atoms with Crippen LogP contribution in [0.3, 0.4) is 0 Å². The fraction of sp³-hybridized carbons (Fsp3) is 0.304. The molecule has 0 aliphatic rings. The minimum absolute atomic E-state index is 0.00894. The van der Waals surface area contributed by atoms with Crippen LogP contribution >= 0.6 is 0 Å². The number of carbonyl (C=O) groups excluding carboxylic acids is 1. The lowest BCUT2D eigenvalue weighted by molar-refractivity contribution is 0.0525. The summed E-state index contributed by atoms with van der Waals surface area (Å²) >= 11 is 0. The Morgan fingerprint density at radius 2 is 1.97 bits per heavy atom. The maximum atomic E-state index is 13.2. The molecule has 31 heavy (non-hydrogen) atoms. The summed E-state index contributed by atoms with van der Waals surface area (Å²) in [6.45, 7) is 2.21. The van der Waals surface area contributed by atoms with Gasteiger partial charge in [-0.15, -0.1) is 0 Å². The number of aromatic hydroxyl groups is 1. The Labute approximate surface area is 179 Å². The Morgan fingerprint density at radius 1 is 1.29 bits per heavy atom. The van der Waals surface area contributed by atoms with Crippen molar-refractivity contribution in [3.05, 3.63) is 58.5 Å². The summed E-state index contributed by atoms with van der Waals surface area (Å²) in [6.07, 6.45) is 0. The molecule has 0 aliphatic carbocycles. The number of aromatic nitrogens is 1. The van der Waals surface area contributed by atoms with Crippen LogP contribution in [0.5, 0.6) is 11.5 Å². The van der Waals surface area contributed by atoms with Gasteiger partial charge in [-0.1, -0.05) is 0 Å². The molecule has 8 heteroatoms. The summed E-state index contributed by atoms with van der Waals surface area (Å²) < 4.78 is 26.0. The highest BCUT2D eigenvalue weighted by atomic mass is 19.1. The van der Waals surface area contributed by atoms with Crippen LogP contribution in [0.2, 0.25) is 0 Å². The van der Waals surface area contributed by atoms with Gasteiger partial charge in [0.2, 0.25) is 0 Å². The van der Waals surface area contributed by atoms with Crippen molar-refractivity contribution in [2.24, 2.45) is 7.05 Å². The first kappa shape index (κ1) is 22.1. The number of rotatable bonds is 7. The first-order valence-electron chi connectivity index (χ1n) is 9.74. The lowest BCUT2D eigenvalue weighted by atomic mass is 10.00. The average Bonchev–Trinajstić information content (AvgIpc) is 3.01. The van der Waals surface area contributed by atoms with Gasteiger partial charge in [0.15, 0.2) is 0 Å². The molecule has 0 bridgehead atoms. The molecule has 3 rings (SSSR count).